The van der Waals surface area contributed by atoms with Crippen LogP contribution in [0.5, 0.6) is 46.0 Å². The zero-order chi connectivity index (χ0) is 78.4. The fourth-order valence-corrected chi connectivity index (χ4v) is 21.3. The zero-order valence-electron chi connectivity index (χ0n) is 66.2. The lowest BCUT2D eigenvalue weighted by Gasteiger charge is -2.37. The Bertz CT molecular complexity index is 4380. The Balaban J connectivity index is 1.09. The van der Waals surface area contributed by atoms with Crippen molar-refractivity contribution in [2.24, 2.45) is 11.8 Å². The Labute approximate surface area is 647 Å². The van der Waals surface area contributed by atoms with Gasteiger partial charge in [-0.3, -0.25) is 38.6 Å². The molecule has 0 spiro atoms. The number of rotatable bonds is 30. The van der Waals surface area contributed by atoms with Gasteiger partial charge in [0.25, 0.3) is 23.6 Å². The first kappa shape index (κ1) is 79.0. The first-order valence-electron chi connectivity index (χ1n) is 39.0. The Kier molecular flexibility index (Phi) is 23.5. The van der Waals surface area contributed by atoms with Crippen LogP contribution in [0.3, 0.4) is 0 Å². The number of carbonyl (C=O) groups excluding carboxylic acids is 6. The molecule has 6 unspecified atom stereocenters. The van der Waals surface area contributed by atoms with Gasteiger partial charge in [0.2, 0.25) is 11.8 Å². The highest BCUT2D eigenvalue weighted by atomic mass is 28.4. The maximum absolute atomic E-state index is 16.4. The molecule has 2 aliphatic heterocycles. The fourth-order valence-electron chi connectivity index (χ4n) is 17.1. The van der Waals surface area contributed by atoms with Crippen LogP contribution in [0.4, 0.5) is 0 Å². The number of nitrogens with zero attached hydrogens (tertiary/aromatic N) is 2. The molecular formula is C88H104N4O16Si2. The summed E-state index contributed by atoms with van der Waals surface area (Å²) in [5.74, 6) is -0.991. The van der Waals surface area contributed by atoms with Crippen LogP contribution in [-0.4, -0.2) is 130 Å². The van der Waals surface area contributed by atoms with Crippen molar-refractivity contribution >= 4 is 96.1 Å². The van der Waals surface area contributed by atoms with Gasteiger partial charge in [-0.1, -0.05) is 143 Å². The topological polar surface area (TPSA) is 225 Å². The molecule has 6 amide bonds. The molecule has 9 aromatic carbocycles. The molecule has 9 aromatic rings. The molecule has 0 aromatic heterocycles. The van der Waals surface area contributed by atoms with E-state index in [1.54, 1.807) is 80.8 Å². The Morgan fingerprint density at radius 1 is 0.373 bits per heavy atom. The fraction of sp³-hybridized carbons (Fsp3) is 0.432. The lowest BCUT2D eigenvalue weighted by atomic mass is 9.80. The summed E-state index contributed by atoms with van der Waals surface area (Å²) in [5.41, 5.74) is 4.40. The van der Waals surface area contributed by atoms with E-state index in [2.05, 4.69) is 66.0 Å². The average molecular weight is 1530 g/mol. The zero-order valence-corrected chi connectivity index (χ0v) is 68.2. The van der Waals surface area contributed by atoms with Crippen molar-refractivity contribution in [1.29, 1.82) is 0 Å². The number of hydrogen-bond acceptors (Lipinski definition) is 16. The third-order valence-electron chi connectivity index (χ3n) is 23.3. The molecule has 4 aliphatic rings. The summed E-state index contributed by atoms with van der Waals surface area (Å²) in [7, 11) is 3.55. The summed E-state index contributed by atoms with van der Waals surface area (Å²) in [4.78, 5) is 98.6. The average Bonchev–Trinajstić information content (AvgIpc) is 0.670. The van der Waals surface area contributed by atoms with E-state index in [0.717, 1.165) is 57.7 Å². The van der Waals surface area contributed by atoms with Crippen molar-refractivity contribution in [3.8, 4) is 46.0 Å². The molecule has 2 N–H and O–H groups in total. The number of fused-ring (bicyclic) bond motifs is 2. The molecule has 20 nitrogen and oxygen atoms in total. The van der Waals surface area contributed by atoms with Gasteiger partial charge in [0.1, 0.15) is 58.1 Å². The van der Waals surface area contributed by atoms with Crippen LogP contribution in [0.15, 0.2) is 121 Å². The lowest BCUT2D eigenvalue weighted by molar-refractivity contribution is -0.126. The summed E-state index contributed by atoms with van der Waals surface area (Å²) in [6.45, 7) is 20.4. The second kappa shape index (κ2) is 32.7. The van der Waals surface area contributed by atoms with E-state index in [4.69, 9.17) is 45.5 Å². The SMILES string of the molecule is CCC(C(=O)NC1CCCC(C[Si](OC)(OC)OC)C1)N1C(=O)c2cc(Oc3ccc(C(C)C)cc3)c3c4c(Oc5ccc(C(C)C)cc5)cc5c6c(cc(Oc7ccc(C(C)C)cc7)c(c7c(Oc8ccc(C(C)C)cc8)cc(c2c37)C1=O)c64)C(=O)N(C(CC)C(=O)NC1CCCC(C[Si](OC)(OC)OC)C1)C5=O. The van der Waals surface area contributed by atoms with E-state index in [1.807, 2.05) is 97.1 Å². The minimum Gasteiger partial charge on any atom is -0.457 e. The van der Waals surface area contributed by atoms with E-state index < -0.39 is 65.1 Å². The quantitative estimate of drug-likeness (QED) is 0.0185. The van der Waals surface area contributed by atoms with E-state index in [-0.39, 0.29) is 116 Å². The van der Waals surface area contributed by atoms with Gasteiger partial charge in [0, 0.05) is 110 Å². The third-order valence-corrected chi connectivity index (χ3v) is 29.2. The smallest absolute Gasteiger partial charge is 0.457 e. The summed E-state index contributed by atoms with van der Waals surface area (Å²) in [5, 5.41) is 9.03. The number of benzene rings is 9. The third kappa shape index (κ3) is 15.1. The van der Waals surface area contributed by atoms with Crippen LogP contribution < -0.4 is 29.6 Å². The van der Waals surface area contributed by atoms with Crippen molar-refractivity contribution < 1.29 is 74.3 Å². The second-order valence-corrected chi connectivity index (χ2v) is 37.3. The highest BCUT2D eigenvalue weighted by Gasteiger charge is 2.49. The number of amides is 6. The van der Waals surface area contributed by atoms with Gasteiger partial charge in [-0.25, -0.2) is 0 Å². The molecule has 2 fully saturated rings. The molecule has 0 saturated heterocycles. The van der Waals surface area contributed by atoms with Crippen LogP contribution >= 0.6 is 0 Å². The normalized spacial score (nSPS) is 18.3. The van der Waals surface area contributed by atoms with Gasteiger partial charge in [0.05, 0.1) is 22.3 Å². The standard InChI is InChI=1S/C88H104N4O16Si2/c1-17-69(83(93)89-59-23-19-21-53(41-59)47-109(99-11,100-12)101-13)91-85(95)65-43-71(105-61-33-25-55(26-34-61)49(3)4)77-79-73(107-63-37-29-57(30-38-63)51(7)8)45-67-76-68(88(98)92(87(67)97)70(18-2)84(94)90-60-24-20-22-54(42-60)48-110(102-14,103-15)104-16)46-74(108-64-39-31-58(32-40-64)52(9)10)80(82(76)79)78-72(44-66(86(91)96)75(65)81(77)78)106-62-35-27-56(28-36-62)50(5)6/h25-40,43-46,49-54,59-60,69-70H,17-24,41-42,47-48H2,1-16H3,(H,89,93)(H,90,94). The Hall–Kier alpha value is -9.11. The van der Waals surface area contributed by atoms with Gasteiger partial charge >= 0.3 is 17.6 Å². The van der Waals surface area contributed by atoms with E-state index in [9.17, 15) is 0 Å². The highest BCUT2D eigenvalue weighted by molar-refractivity contribution is 6.61. The molecule has 0 bridgehead atoms. The van der Waals surface area contributed by atoms with Gasteiger partial charge in [-0.15, -0.1) is 0 Å². The summed E-state index contributed by atoms with van der Waals surface area (Å²) >= 11 is 0. The largest absolute Gasteiger partial charge is 0.500 e. The molecule has 580 valence electrons. The summed E-state index contributed by atoms with van der Waals surface area (Å²) in [6.07, 6.45) is 6.06. The predicted molar refractivity (Wildman–Crippen MR) is 430 cm³/mol. The van der Waals surface area contributed by atoms with E-state index in [0.29, 0.717) is 93.1 Å². The minimum atomic E-state index is -3.00. The highest BCUT2D eigenvalue weighted by Crippen LogP contribution is 2.58. The Morgan fingerprint density at radius 2 is 0.618 bits per heavy atom. The second-order valence-electron chi connectivity index (χ2n) is 31.3. The number of hydrogen-bond donors (Lipinski definition) is 2. The van der Waals surface area contributed by atoms with Crippen LogP contribution in [-0.2, 0) is 36.1 Å². The van der Waals surface area contributed by atoms with Crippen molar-refractivity contribution in [3.63, 3.8) is 0 Å². The summed E-state index contributed by atoms with van der Waals surface area (Å²) < 4.78 is 64.5. The van der Waals surface area contributed by atoms with E-state index in [1.165, 1.54) is 0 Å². The van der Waals surface area contributed by atoms with Crippen molar-refractivity contribution in [2.75, 3.05) is 42.7 Å². The number of imide groups is 2. The van der Waals surface area contributed by atoms with Gasteiger partial charge in [-0.2, -0.15) is 0 Å². The van der Waals surface area contributed by atoms with Crippen LogP contribution in [0.25, 0.3) is 43.1 Å². The molecule has 0 radical (unpaired) electrons. The minimum absolute atomic E-state index is 0.0567. The maximum Gasteiger partial charge on any atom is 0.500 e. The van der Waals surface area contributed by atoms with Gasteiger partial charge < -0.3 is 56.1 Å². The molecule has 13 rings (SSSR count). The predicted octanol–water partition coefficient (Wildman–Crippen LogP) is 19.3. The number of carbonyl (C=O) groups is 6. The first-order valence-corrected chi connectivity index (χ1v) is 42.8. The lowest BCUT2D eigenvalue weighted by Crippen LogP contribution is -2.55. The van der Waals surface area contributed by atoms with E-state index >= 15 is 28.8 Å². The first-order chi connectivity index (χ1) is 52.8. The van der Waals surface area contributed by atoms with Crippen molar-refractivity contribution in [2.45, 2.75) is 193 Å². The van der Waals surface area contributed by atoms with Gasteiger partial charge in [-0.05, 0) is 169 Å². The van der Waals surface area contributed by atoms with Crippen molar-refractivity contribution in [1.82, 2.24) is 20.4 Å². The van der Waals surface area contributed by atoms with Crippen LogP contribution in [0.2, 0.25) is 12.1 Å². The molecule has 2 heterocycles. The molecule has 6 atom stereocenters. The number of nitrogens with one attached hydrogen (secondary N) is 2. The molecule has 22 heteroatoms. The molecule has 2 saturated carbocycles. The molecular weight excluding hydrogens is 1430 g/mol. The van der Waals surface area contributed by atoms with Crippen LogP contribution in [0.1, 0.15) is 221 Å². The van der Waals surface area contributed by atoms with Crippen LogP contribution in [0, 0.1) is 11.8 Å². The number of ether oxygens (including phenoxy) is 4. The molecule has 2 aliphatic carbocycles. The molecule has 110 heavy (non-hydrogen) atoms. The van der Waals surface area contributed by atoms with Crippen molar-refractivity contribution in [3.05, 3.63) is 166 Å². The van der Waals surface area contributed by atoms with Gasteiger partial charge in [0.15, 0.2) is 0 Å². The summed E-state index contributed by atoms with van der Waals surface area (Å²) in [6, 6.07) is 35.3. The monoisotopic (exact) mass is 1530 g/mol. The Morgan fingerprint density at radius 3 is 0.836 bits per heavy atom. The maximum atomic E-state index is 16.4.